The normalized spacial score (nSPS) is 17.0. The maximum atomic E-state index is 12.7. The van der Waals surface area contributed by atoms with Crippen molar-refractivity contribution in [3.63, 3.8) is 0 Å². The van der Waals surface area contributed by atoms with E-state index in [0.717, 1.165) is 35.5 Å². The van der Waals surface area contributed by atoms with E-state index in [1.165, 1.54) is 6.07 Å². The number of thiophene rings is 1. The van der Waals surface area contributed by atoms with Gasteiger partial charge in [0, 0.05) is 12.6 Å². The van der Waals surface area contributed by atoms with Gasteiger partial charge in [0.25, 0.3) is 5.91 Å². The molecule has 0 spiro atoms. The molecule has 126 valence electrons. The quantitative estimate of drug-likeness (QED) is 0.605. The highest BCUT2D eigenvalue weighted by Gasteiger charge is 2.32. The standard InChI is InChI=1S/C17H18N2O4S/c1-2-23-13-7-5-12(6-8-13)14-4-3-11-18(14)17(20)15-9-10-16(24-15)19(21)22/h5-10,14H,2-4,11H2,1H3. The Hall–Kier alpha value is -2.41. The van der Waals surface area contributed by atoms with E-state index in [9.17, 15) is 14.9 Å². The van der Waals surface area contributed by atoms with Crippen molar-refractivity contribution in [3.05, 3.63) is 57.0 Å². The third-order valence-electron chi connectivity index (χ3n) is 4.07. The predicted molar refractivity (Wildman–Crippen MR) is 91.6 cm³/mol. The summed E-state index contributed by atoms with van der Waals surface area (Å²) >= 11 is 0.932. The lowest BCUT2D eigenvalue weighted by atomic mass is 10.0. The fourth-order valence-corrected chi connectivity index (χ4v) is 3.77. The van der Waals surface area contributed by atoms with E-state index >= 15 is 0 Å². The van der Waals surface area contributed by atoms with E-state index in [0.29, 0.717) is 18.0 Å². The maximum absolute atomic E-state index is 12.7. The van der Waals surface area contributed by atoms with E-state index in [1.54, 1.807) is 6.07 Å². The van der Waals surface area contributed by atoms with Crippen molar-refractivity contribution in [2.24, 2.45) is 0 Å². The van der Waals surface area contributed by atoms with Crippen LogP contribution in [0.15, 0.2) is 36.4 Å². The lowest BCUT2D eigenvalue weighted by molar-refractivity contribution is -0.380. The average Bonchev–Trinajstić information content (AvgIpc) is 3.25. The van der Waals surface area contributed by atoms with Crippen molar-refractivity contribution < 1.29 is 14.5 Å². The zero-order valence-corrected chi connectivity index (χ0v) is 14.1. The summed E-state index contributed by atoms with van der Waals surface area (Å²) in [5.74, 6) is 0.676. The van der Waals surface area contributed by atoms with Gasteiger partial charge in [0.1, 0.15) is 5.75 Å². The van der Waals surface area contributed by atoms with Gasteiger partial charge in [-0.15, -0.1) is 0 Å². The number of hydrogen-bond donors (Lipinski definition) is 0. The second kappa shape index (κ2) is 7.00. The Morgan fingerprint density at radius 3 is 2.71 bits per heavy atom. The number of rotatable bonds is 5. The molecule has 2 aromatic rings. The van der Waals surface area contributed by atoms with Crippen LogP contribution in [-0.2, 0) is 0 Å². The van der Waals surface area contributed by atoms with Gasteiger partial charge in [0.05, 0.1) is 22.4 Å². The van der Waals surface area contributed by atoms with Crippen molar-refractivity contribution in [2.45, 2.75) is 25.8 Å². The molecule has 2 heterocycles. The molecular weight excluding hydrogens is 328 g/mol. The maximum Gasteiger partial charge on any atom is 0.324 e. The van der Waals surface area contributed by atoms with Crippen LogP contribution in [0.5, 0.6) is 5.75 Å². The number of nitrogens with zero attached hydrogens (tertiary/aromatic N) is 2. The minimum atomic E-state index is -0.463. The van der Waals surface area contributed by atoms with Crippen LogP contribution in [-0.4, -0.2) is 28.9 Å². The molecule has 0 aliphatic carbocycles. The Morgan fingerprint density at radius 1 is 1.33 bits per heavy atom. The van der Waals surface area contributed by atoms with Crippen LogP contribution >= 0.6 is 11.3 Å². The summed E-state index contributed by atoms with van der Waals surface area (Å²) < 4.78 is 5.45. The van der Waals surface area contributed by atoms with E-state index in [-0.39, 0.29) is 17.0 Å². The number of nitro groups is 1. The summed E-state index contributed by atoms with van der Waals surface area (Å²) in [6.45, 7) is 3.22. The fourth-order valence-electron chi connectivity index (χ4n) is 2.99. The first-order chi connectivity index (χ1) is 11.6. The van der Waals surface area contributed by atoms with E-state index in [1.807, 2.05) is 36.1 Å². The molecule has 1 amide bonds. The third kappa shape index (κ3) is 3.26. The van der Waals surface area contributed by atoms with E-state index in [2.05, 4.69) is 0 Å². The molecule has 3 rings (SSSR count). The molecular formula is C17H18N2O4S. The number of hydrogen-bond acceptors (Lipinski definition) is 5. The zero-order valence-electron chi connectivity index (χ0n) is 13.3. The summed E-state index contributed by atoms with van der Waals surface area (Å²) in [7, 11) is 0. The topological polar surface area (TPSA) is 72.7 Å². The first-order valence-electron chi connectivity index (χ1n) is 7.88. The number of ether oxygens (including phenoxy) is 1. The third-order valence-corrected chi connectivity index (χ3v) is 5.10. The van der Waals surface area contributed by atoms with Crippen molar-refractivity contribution in [1.82, 2.24) is 4.90 Å². The van der Waals surface area contributed by atoms with Gasteiger partial charge in [-0.1, -0.05) is 23.5 Å². The second-order valence-electron chi connectivity index (χ2n) is 5.55. The van der Waals surface area contributed by atoms with Crippen molar-refractivity contribution in [1.29, 1.82) is 0 Å². The lowest BCUT2D eigenvalue weighted by Crippen LogP contribution is -2.29. The molecule has 1 atom stereocenters. The first kappa shape index (κ1) is 16.4. The Balaban J connectivity index is 1.79. The molecule has 6 nitrogen and oxygen atoms in total. The highest BCUT2D eigenvalue weighted by molar-refractivity contribution is 7.17. The summed E-state index contributed by atoms with van der Waals surface area (Å²) in [6.07, 6.45) is 1.82. The summed E-state index contributed by atoms with van der Waals surface area (Å²) in [5, 5.41) is 10.8. The van der Waals surface area contributed by atoms with E-state index < -0.39 is 4.92 Å². The minimum Gasteiger partial charge on any atom is -0.494 e. The zero-order chi connectivity index (χ0) is 17.1. The SMILES string of the molecule is CCOc1ccc(C2CCCN2C(=O)c2ccc([N+](=O)[O-])s2)cc1. The number of amides is 1. The molecule has 24 heavy (non-hydrogen) atoms. The monoisotopic (exact) mass is 346 g/mol. The van der Waals surface area contributed by atoms with Gasteiger partial charge in [-0.05, 0) is 43.5 Å². The molecule has 7 heteroatoms. The Kier molecular flexibility index (Phi) is 4.80. The van der Waals surface area contributed by atoms with Crippen LogP contribution in [0.3, 0.4) is 0 Å². The van der Waals surface area contributed by atoms with Crippen molar-refractivity contribution >= 4 is 22.2 Å². The molecule has 0 bridgehead atoms. The summed E-state index contributed by atoms with van der Waals surface area (Å²) in [4.78, 5) is 25.3. The van der Waals surface area contributed by atoms with Gasteiger partial charge in [0.15, 0.2) is 0 Å². The molecule has 0 saturated carbocycles. The first-order valence-corrected chi connectivity index (χ1v) is 8.69. The molecule has 0 N–H and O–H groups in total. The van der Waals surface area contributed by atoms with Gasteiger partial charge >= 0.3 is 5.00 Å². The smallest absolute Gasteiger partial charge is 0.324 e. The number of benzene rings is 1. The van der Waals surface area contributed by atoms with Gasteiger partial charge in [0.2, 0.25) is 0 Å². The van der Waals surface area contributed by atoms with Crippen molar-refractivity contribution in [3.8, 4) is 5.75 Å². The number of likely N-dealkylation sites (tertiary alicyclic amines) is 1. The Labute approximate surface area is 143 Å². The summed E-state index contributed by atoms with van der Waals surface area (Å²) in [5.41, 5.74) is 1.07. The molecule has 1 fully saturated rings. The minimum absolute atomic E-state index is 0.00448. The predicted octanol–water partition coefficient (Wildman–Crippen LogP) is 4.03. The van der Waals surface area contributed by atoms with Crippen LogP contribution in [0.4, 0.5) is 5.00 Å². The van der Waals surface area contributed by atoms with Gasteiger partial charge in [-0.3, -0.25) is 14.9 Å². The van der Waals surface area contributed by atoms with Gasteiger partial charge < -0.3 is 9.64 Å². The average molecular weight is 346 g/mol. The second-order valence-corrected chi connectivity index (χ2v) is 6.62. The van der Waals surface area contributed by atoms with E-state index in [4.69, 9.17) is 4.74 Å². The number of carbonyl (C=O) groups is 1. The highest BCUT2D eigenvalue weighted by Crippen LogP contribution is 2.35. The van der Waals surface area contributed by atoms with Gasteiger partial charge in [-0.25, -0.2) is 0 Å². The van der Waals surface area contributed by atoms with Crippen LogP contribution < -0.4 is 4.74 Å². The molecule has 1 saturated heterocycles. The summed E-state index contributed by atoms with van der Waals surface area (Å²) in [6, 6.07) is 10.7. The van der Waals surface area contributed by atoms with Crippen molar-refractivity contribution in [2.75, 3.05) is 13.2 Å². The Bertz CT molecular complexity index is 741. The molecule has 1 aromatic heterocycles. The van der Waals surface area contributed by atoms with Crippen LogP contribution in [0.25, 0.3) is 0 Å². The largest absolute Gasteiger partial charge is 0.494 e. The van der Waals surface area contributed by atoms with Crippen LogP contribution in [0, 0.1) is 10.1 Å². The molecule has 1 aliphatic heterocycles. The van der Waals surface area contributed by atoms with Crippen LogP contribution in [0.1, 0.15) is 41.0 Å². The van der Waals surface area contributed by atoms with Crippen LogP contribution in [0.2, 0.25) is 0 Å². The molecule has 1 unspecified atom stereocenters. The Morgan fingerprint density at radius 2 is 2.08 bits per heavy atom. The molecule has 1 aliphatic rings. The fraction of sp³-hybridized carbons (Fsp3) is 0.353. The van der Waals surface area contributed by atoms with Gasteiger partial charge in [-0.2, -0.15) is 0 Å². The lowest BCUT2D eigenvalue weighted by Gasteiger charge is -2.24. The highest BCUT2D eigenvalue weighted by atomic mass is 32.1. The number of carbonyl (C=O) groups excluding carboxylic acids is 1. The molecule has 0 radical (unpaired) electrons. The molecule has 1 aromatic carbocycles.